The Morgan fingerprint density at radius 2 is 2.06 bits per heavy atom. The minimum absolute atomic E-state index is 0.166. The second-order valence-corrected chi connectivity index (χ2v) is 4.41. The molecule has 18 heavy (non-hydrogen) atoms. The molecule has 0 bridgehead atoms. The Balaban J connectivity index is 2.71. The maximum absolute atomic E-state index is 13.4. The van der Waals surface area contributed by atoms with E-state index in [1.807, 2.05) is 0 Å². The maximum Gasteiger partial charge on any atom is 0.320 e. The average Bonchev–Trinajstić information content (AvgIpc) is 2.86. The van der Waals surface area contributed by atoms with Crippen LogP contribution in [0.1, 0.15) is 12.0 Å². The van der Waals surface area contributed by atoms with Crippen molar-refractivity contribution < 1.29 is 27.8 Å². The molecule has 3 nitrogen and oxygen atoms in total. The van der Waals surface area contributed by atoms with Gasteiger partial charge in [0.2, 0.25) is 0 Å². The Hall–Kier alpha value is -1.43. The van der Waals surface area contributed by atoms with Crippen molar-refractivity contribution in [2.24, 2.45) is 0 Å². The van der Waals surface area contributed by atoms with Crippen molar-refractivity contribution in [3.63, 3.8) is 0 Å². The number of carboxylic acids is 1. The lowest BCUT2D eigenvalue weighted by molar-refractivity contribution is -0.143. The first-order chi connectivity index (χ1) is 8.28. The van der Waals surface area contributed by atoms with Crippen LogP contribution >= 0.6 is 11.6 Å². The highest BCUT2D eigenvalue weighted by Crippen LogP contribution is 2.64. The van der Waals surface area contributed by atoms with Gasteiger partial charge in [-0.1, -0.05) is 11.6 Å². The Morgan fingerprint density at radius 1 is 1.50 bits per heavy atom. The van der Waals surface area contributed by atoms with E-state index in [4.69, 9.17) is 21.4 Å². The number of ether oxygens (including phenoxy) is 1. The quantitative estimate of drug-likeness (QED) is 0.926. The summed E-state index contributed by atoms with van der Waals surface area (Å²) in [5.74, 6) is -6.35. The van der Waals surface area contributed by atoms with Crippen molar-refractivity contribution in [3.8, 4) is 5.75 Å². The topological polar surface area (TPSA) is 46.5 Å². The number of methoxy groups -OCH3 is 1. The van der Waals surface area contributed by atoms with E-state index in [9.17, 15) is 18.0 Å². The summed E-state index contributed by atoms with van der Waals surface area (Å²) >= 11 is 5.62. The van der Waals surface area contributed by atoms with Gasteiger partial charge in [-0.25, -0.2) is 13.2 Å². The number of benzene rings is 1. The van der Waals surface area contributed by atoms with E-state index < -0.39 is 40.1 Å². The van der Waals surface area contributed by atoms with Crippen molar-refractivity contribution in [3.05, 3.63) is 28.5 Å². The van der Waals surface area contributed by atoms with E-state index in [0.717, 1.165) is 12.1 Å². The molecule has 1 aliphatic rings. The van der Waals surface area contributed by atoms with Crippen molar-refractivity contribution in [2.75, 3.05) is 7.11 Å². The smallest absolute Gasteiger partial charge is 0.320 e. The number of alkyl halides is 2. The van der Waals surface area contributed by atoms with E-state index in [0.29, 0.717) is 0 Å². The first kappa shape index (κ1) is 13.0. The molecule has 1 aromatic carbocycles. The fourth-order valence-corrected chi connectivity index (χ4v) is 2.32. The average molecular weight is 281 g/mol. The molecule has 1 unspecified atom stereocenters. The van der Waals surface area contributed by atoms with Crippen LogP contribution in [0.25, 0.3) is 0 Å². The van der Waals surface area contributed by atoms with Gasteiger partial charge in [-0.3, -0.25) is 4.79 Å². The third kappa shape index (κ3) is 1.48. The monoisotopic (exact) mass is 280 g/mol. The summed E-state index contributed by atoms with van der Waals surface area (Å²) in [6, 6.07) is 2.01. The minimum Gasteiger partial charge on any atom is -0.496 e. The second-order valence-electron chi connectivity index (χ2n) is 4.03. The molecule has 1 N–H and O–H groups in total. The zero-order valence-corrected chi connectivity index (χ0v) is 9.89. The fraction of sp³-hybridized carbons (Fsp3) is 0.364. The van der Waals surface area contributed by atoms with Gasteiger partial charge in [0.1, 0.15) is 11.6 Å². The minimum atomic E-state index is -3.47. The first-order valence-corrected chi connectivity index (χ1v) is 5.29. The summed E-state index contributed by atoms with van der Waals surface area (Å²) in [6.45, 7) is 0. The lowest BCUT2D eigenvalue weighted by atomic mass is 9.94. The second kappa shape index (κ2) is 3.78. The molecule has 7 heteroatoms. The van der Waals surface area contributed by atoms with E-state index in [1.165, 1.54) is 7.11 Å². The molecule has 0 radical (unpaired) electrons. The Labute approximate surface area is 105 Å². The first-order valence-electron chi connectivity index (χ1n) is 4.91. The van der Waals surface area contributed by atoms with E-state index in [1.54, 1.807) is 0 Å². The molecule has 0 aliphatic heterocycles. The molecular formula is C11H8ClF3O3. The molecule has 0 saturated heterocycles. The maximum atomic E-state index is 13.4. The van der Waals surface area contributed by atoms with Crippen molar-refractivity contribution in [1.29, 1.82) is 0 Å². The number of hydrogen-bond acceptors (Lipinski definition) is 2. The van der Waals surface area contributed by atoms with Crippen LogP contribution in [0, 0.1) is 5.82 Å². The lowest BCUT2D eigenvalue weighted by Crippen LogP contribution is -2.28. The molecule has 0 aromatic heterocycles. The van der Waals surface area contributed by atoms with Crippen LogP contribution < -0.4 is 4.74 Å². The van der Waals surface area contributed by atoms with Gasteiger partial charge in [0.15, 0.2) is 5.41 Å². The Morgan fingerprint density at radius 3 is 2.44 bits per heavy atom. The number of halogens is 4. The van der Waals surface area contributed by atoms with Crippen LogP contribution in [-0.4, -0.2) is 24.1 Å². The van der Waals surface area contributed by atoms with Crippen LogP contribution in [-0.2, 0) is 10.2 Å². The standard InChI is InChI=1S/C11H8ClF3O3/c1-18-6-3-2-5(13)8(12)7(6)10(9(16)17)4-11(10,14)15/h2-3H,4H2,1H3,(H,16,17). The highest BCUT2D eigenvalue weighted by molar-refractivity contribution is 6.32. The van der Waals surface area contributed by atoms with Crippen LogP contribution in [0.15, 0.2) is 12.1 Å². The summed E-state index contributed by atoms with van der Waals surface area (Å²) in [5, 5.41) is 8.37. The summed E-state index contributed by atoms with van der Waals surface area (Å²) in [6.07, 6.45) is -0.922. The number of rotatable bonds is 3. The van der Waals surface area contributed by atoms with E-state index in [-0.39, 0.29) is 5.75 Å². The Bertz CT molecular complexity index is 533. The molecule has 0 heterocycles. The van der Waals surface area contributed by atoms with E-state index >= 15 is 0 Å². The highest BCUT2D eigenvalue weighted by atomic mass is 35.5. The SMILES string of the molecule is COc1ccc(F)c(Cl)c1C1(C(=O)O)CC1(F)F. The molecule has 1 atom stereocenters. The van der Waals surface area contributed by atoms with Crippen LogP contribution in [0.2, 0.25) is 5.02 Å². The Kier molecular flexibility index (Phi) is 2.73. The molecule has 1 aromatic rings. The fourth-order valence-electron chi connectivity index (χ4n) is 2.00. The zero-order valence-electron chi connectivity index (χ0n) is 9.14. The molecule has 1 fully saturated rings. The molecule has 2 rings (SSSR count). The predicted octanol–water partition coefficient (Wildman–Crippen LogP) is 2.85. The van der Waals surface area contributed by atoms with E-state index in [2.05, 4.69) is 0 Å². The summed E-state index contributed by atoms with van der Waals surface area (Å²) in [4.78, 5) is 11.1. The van der Waals surface area contributed by atoms with Gasteiger partial charge >= 0.3 is 5.97 Å². The zero-order chi connectivity index (χ0) is 13.7. The normalized spacial score (nSPS) is 24.7. The largest absolute Gasteiger partial charge is 0.496 e. The molecule has 1 saturated carbocycles. The van der Waals surface area contributed by atoms with Crippen molar-refractivity contribution >= 4 is 17.6 Å². The van der Waals surface area contributed by atoms with Gasteiger partial charge in [-0.2, -0.15) is 0 Å². The molecule has 1 aliphatic carbocycles. The van der Waals surface area contributed by atoms with Gasteiger partial charge in [0, 0.05) is 12.0 Å². The molecule has 98 valence electrons. The van der Waals surface area contributed by atoms with Gasteiger partial charge in [-0.15, -0.1) is 0 Å². The third-order valence-electron chi connectivity index (χ3n) is 3.05. The highest BCUT2D eigenvalue weighted by Gasteiger charge is 2.78. The van der Waals surface area contributed by atoms with Crippen molar-refractivity contribution in [1.82, 2.24) is 0 Å². The molecule has 0 amide bonds. The predicted molar refractivity (Wildman–Crippen MR) is 56.8 cm³/mol. The number of carbonyl (C=O) groups is 1. The van der Waals surface area contributed by atoms with Gasteiger partial charge in [0.05, 0.1) is 12.1 Å². The summed E-state index contributed by atoms with van der Waals surface area (Å²) in [7, 11) is 1.17. The summed E-state index contributed by atoms with van der Waals surface area (Å²) < 4.78 is 44.9. The van der Waals surface area contributed by atoms with Gasteiger partial charge in [0.25, 0.3) is 5.92 Å². The number of carboxylic acid groups (broad SMARTS) is 1. The van der Waals surface area contributed by atoms with Crippen LogP contribution in [0.3, 0.4) is 0 Å². The van der Waals surface area contributed by atoms with Crippen LogP contribution in [0.5, 0.6) is 5.75 Å². The third-order valence-corrected chi connectivity index (χ3v) is 3.42. The van der Waals surface area contributed by atoms with Gasteiger partial charge < -0.3 is 9.84 Å². The van der Waals surface area contributed by atoms with Gasteiger partial charge in [-0.05, 0) is 12.1 Å². The number of hydrogen-bond donors (Lipinski definition) is 1. The van der Waals surface area contributed by atoms with Crippen LogP contribution in [0.4, 0.5) is 13.2 Å². The number of aliphatic carboxylic acids is 1. The lowest BCUT2D eigenvalue weighted by Gasteiger charge is -2.17. The molecular weight excluding hydrogens is 273 g/mol. The summed E-state index contributed by atoms with van der Waals surface area (Å²) in [5.41, 5.74) is -3.01. The molecule has 0 spiro atoms. The van der Waals surface area contributed by atoms with Crippen molar-refractivity contribution in [2.45, 2.75) is 17.8 Å².